The van der Waals surface area contributed by atoms with Crippen LogP contribution >= 0.6 is 0 Å². The number of aliphatic hydroxyl groups is 3. The van der Waals surface area contributed by atoms with E-state index < -0.39 is 24.4 Å². The van der Waals surface area contributed by atoms with E-state index in [4.69, 9.17) is 21.1 Å². The third-order valence-corrected chi connectivity index (χ3v) is 1.44. The number of carbonyl (C=O) groups excluding carboxylic acids is 1. The Kier molecular flexibility index (Phi) is 4.20. The van der Waals surface area contributed by atoms with Gasteiger partial charge >= 0.3 is 0 Å². The Morgan fingerprint density at radius 2 is 1.82 bits per heavy atom. The highest BCUT2D eigenvalue weighted by atomic mass is 16.3. The van der Waals surface area contributed by atoms with E-state index >= 15 is 0 Å². The lowest BCUT2D eigenvalue weighted by molar-refractivity contribution is -0.122. The van der Waals surface area contributed by atoms with Crippen molar-refractivity contribution in [3.05, 3.63) is 0 Å². The van der Waals surface area contributed by atoms with Gasteiger partial charge in [0, 0.05) is 0 Å². The molecule has 5 nitrogen and oxygen atoms in total. The number of carbonyl (C=O) groups is 1. The van der Waals surface area contributed by atoms with Crippen LogP contribution in [-0.4, -0.2) is 46.0 Å². The summed E-state index contributed by atoms with van der Waals surface area (Å²) in [7, 11) is 0. The zero-order valence-electron chi connectivity index (χ0n) is 6.21. The molecule has 0 spiro atoms. The first-order chi connectivity index (χ1) is 5.00. The van der Waals surface area contributed by atoms with Gasteiger partial charge in [-0.05, 0) is 6.92 Å². The minimum absolute atomic E-state index is 0.174. The number of aliphatic hydroxyl groups excluding tert-OH is 3. The van der Waals surface area contributed by atoms with E-state index in [2.05, 4.69) is 0 Å². The molecule has 66 valence electrons. The van der Waals surface area contributed by atoms with Gasteiger partial charge in [-0.1, -0.05) is 0 Å². The van der Waals surface area contributed by atoms with E-state index in [9.17, 15) is 4.79 Å². The van der Waals surface area contributed by atoms with E-state index in [1.54, 1.807) is 0 Å². The van der Waals surface area contributed by atoms with Crippen LogP contribution in [-0.2, 0) is 4.79 Å². The van der Waals surface area contributed by atoms with Crippen LogP contribution in [0.4, 0.5) is 0 Å². The summed E-state index contributed by atoms with van der Waals surface area (Å²) in [5.74, 6) is 0. The molecule has 0 aliphatic heterocycles. The molecule has 0 fully saturated rings. The summed E-state index contributed by atoms with van der Waals surface area (Å²) in [6, 6.07) is -1.00. The lowest BCUT2D eigenvalue weighted by atomic mass is 10.0. The predicted octanol–water partition coefficient (Wildman–Crippen LogP) is -2.38. The van der Waals surface area contributed by atoms with Gasteiger partial charge in [0.15, 0.2) is 6.29 Å². The molecule has 0 rings (SSSR count). The number of hydrogen-bond donors (Lipinski definition) is 4. The van der Waals surface area contributed by atoms with Gasteiger partial charge in [-0.3, -0.25) is 0 Å². The number of hydrogen-bond acceptors (Lipinski definition) is 5. The predicted molar refractivity (Wildman–Crippen MR) is 37.7 cm³/mol. The van der Waals surface area contributed by atoms with Crippen molar-refractivity contribution < 1.29 is 20.1 Å². The van der Waals surface area contributed by atoms with Crippen molar-refractivity contribution >= 4 is 6.29 Å². The van der Waals surface area contributed by atoms with Gasteiger partial charge in [-0.2, -0.15) is 0 Å². The second kappa shape index (κ2) is 4.40. The fraction of sp³-hybridized carbons (Fsp3) is 0.833. The molecular weight excluding hydrogens is 150 g/mol. The zero-order chi connectivity index (χ0) is 9.02. The maximum absolute atomic E-state index is 9.93. The summed E-state index contributed by atoms with van der Waals surface area (Å²) >= 11 is 0. The number of rotatable bonds is 4. The molecule has 4 atom stereocenters. The number of nitrogens with two attached hydrogens (primary N) is 1. The smallest absolute Gasteiger partial charge is 0.151 e. The van der Waals surface area contributed by atoms with Gasteiger partial charge in [0.1, 0.15) is 12.2 Å². The second-order valence-electron chi connectivity index (χ2n) is 2.44. The summed E-state index contributed by atoms with van der Waals surface area (Å²) in [4.78, 5) is 9.93. The Balaban J connectivity index is 4.00. The topological polar surface area (TPSA) is 104 Å². The molecule has 0 aromatic carbocycles. The van der Waals surface area contributed by atoms with Crippen LogP contribution in [0, 0.1) is 0 Å². The van der Waals surface area contributed by atoms with Crippen LogP contribution in [0.25, 0.3) is 0 Å². The Hall–Kier alpha value is -0.490. The minimum atomic E-state index is -1.53. The normalized spacial score (nSPS) is 21.9. The van der Waals surface area contributed by atoms with Crippen molar-refractivity contribution in [1.29, 1.82) is 0 Å². The van der Waals surface area contributed by atoms with Crippen molar-refractivity contribution in [2.75, 3.05) is 0 Å². The fourth-order valence-electron chi connectivity index (χ4n) is 0.594. The summed E-state index contributed by atoms with van der Waals surface area (Å²) in [5, 5.41) is 26.6. The number of aldehydes is 1. The molecule has 0 amide bonds. The SMILES string of the molecule is C[C@H](O)[C@H](N)[C@@H](O)[C@@H](O)C=O. The molecule has 5 N–H and O–H groups in total. The van der Waals surface area contributed by atoms with Gasteiger partial charge in [0.25, 0.3) is 0 Å². The van der Waals surface area contributed by atoms with Gasteiger partial charge in [-0.15, -0.1) is 0 Å². The summed E-state index contributed by atoms with van der Waals surface area (Å²) in [5.41, 5.74) is 5.22. The van der Waals surface area contributed by atoms with Crippen molar-refractivity contribution in [1.82, 2.24) is 0 Å². The highest BCUT2D eigenvalue weighted by Crippen LogP contribution is 1.99. The maximum atomic E-state index is 9.93. The van der Waals surface area contributed by atoms with Crippen LogP contribution in [0.15, 0.2) is 0 Å². The van der Waals surface area contributed by atoms with Gasteiger partial charge in [-0.25, -0.2) is 0 Å². The molecule has 0 bridgehead atoms. The van der Waals surface area contributed by atoms with Crippen LogP contribution in [0.3, 0.4) is 0 Å². The fourth-order valence-corrected chi connectivity index (χ4v) is 0.594. The molecule has 0 radical (unpaired) electrons. The van der Waals surface area contributed by atoms with Crippen LogP contribution in [0.5, 0.6) is 0 Å². The molecule has 0 saturated carbocycles. The average Bonchev–Trinajstić information content (AvgIpc) is 2.00. The van der Waals surface area contributed by atoms with Crippen LogP contribution in [0.2, 0.25) is 0 Å². The molecule has 0 aromatic heterocycles. The first-order valence-electron chi connectivity index (χ1n) is 3.25. The van der Waals surface area contributed by atoms with E-state index in [1.165, 1.54) is 6.92 Å². The Bertz CT molecular complexity index is 128. The minimum Gasteiger partial charge on any atom is -0.392 e. The monoisotopic (exact) mass is 163 g/mol. The zero-order valence-corrected chi connectivity index (χ0v) is 6.21. The quantitative estimate of drug-likeness (QED) is 0.346. The summed E-state index contributed by atoms with van der Waals surface area (Å²) in [6.45, 7) is 1.37. The largest absolute Gasteiger partial charge is 0.392 e. The molecule has 0 aliphatic carbocycles. The van der Waals surface area contributed by atoms with Gasteiger partial charge < -0.3 is 25.8 Å². The standard InChI is InChI=1S/C6H13NO4/c1-3(9)5(7)6(11)4(10)2-8/h2-6,9-11H,7H2,1H3/t3-,4-,5-,6-/m0/s1. The Labute approximate surface area is 64.4 Å². The van der Waals surface area contributed by atoms with Crippen LogP contribution < -0.4 is 5.73 Å². The summed E-state index contributed by atoms with van der Waals surface area (Å²) in [6.07, 6.45) is -3.72. The molecule has 5 heteroatoms. The molecule has 11 heavy (non-hydrogen) atoms. The third kappa shape index (κ3) is 2.94. The highest BCUT2D eigenvalue weighted by molar-refractivity contribution is 5.56. The molecule has 0 aromatic rings. The molecule has 0 aliphatic rings. The van der Waals surface area contributed by atoms with Crippen molar-refractivity contribution in [2.45, 2.75) is 31.3 Å². The molecule has 0 saturated heterocycles. The average molecular weight is 163 g/mol. The first-order valence-corrected chi connectivity index (χ1v) is 3.25. The lowest BCUT2D eigenvalue weighted by Crippen LogP contribution is -2.49. The molecule has 0 unspecified atom stereocenters. The third-order valence-electron chi connectivity index (χ3n) is 1.44. The van der Waals surface area contributed by atoms with Crippen molar-refractivity contribution in [3.8, 4) is 0 Å². The van der Waals surface area contributed by atoms with E-state index in [0.717, 1.165) is 0 Å². The Morgan fingerprint density at radius 3 is 2.09 bits per heavy atom. The first kappa shape index (κ1) is 10.5. The molecule has 0 heterocycles. The van der Waals surface area contributed by atoms with E-state index in [-0.39, 0.29) is 6.29 Å². The highest BCUT2D eigenvalue weighted by Gasteiger charge is 2.25. The summed E-state index contributed by atoms with van der Waals surface area (Å²) < 4.78 is 0. The van der Waals surface area contributed by atoms with Crippen LogP contribution in [0.1, 0.15) is 6.92 Å². The van der Waals surface area contributed by atoms with Gasteiger partial charge in [0.05, 0.1) is 12.1 Å². The van der Waals surface area contributed by atoms with Crippen molar-refractivity contribution in [3.63, 3.8) is 0 Å². The van der Waals surface area contributed by atoms with E-state index in [1.807, 2.05) is 0 Å². The maximum Gasteiger partial charge on any atom is 0.151 e. The van der Waals surface area contributed by atoms with Crippen molar-refractivity contribution in [2.24, 2.45) is 5.73 Å². The van der Waals surface area contributed by atoms with Gasteiger partial charge in [0.2, 0.25) is 0 Å². The lowest BCUT2D eigenvalue weighted by Gasteiger charge is -2.22. The van der Waals surface area contributed by atoms with E-state index in [0.29, 0.717) is 0 Å². The Morgan fingerprint density at radius 1 is 1.36 bits per heavy atom. The molecular formula is C6H13NO4. The second-order valence-corrected chi connectivity index (χ2v) is 2.44.